The van der Waals surface area contributed by atoms with E-state index < -0.39 is 0 Å². The highest BCUT2D eigenvalue weighted by molar-refractivity contribution is 7.26. The lowest BCUT2D eigenvalue weighted by Crippen LogP contribution is -1.91. The van der Waals surface area contributed by atoms with Gasteiger partial charge in [0, 0.05) is 26.5 Å². The number of fused-ring (bicyclic) bond motifs is 6. The summed E-state index contributed by atoms with van der Waals surface area (Å²) in [6.07, 6.45) is 0. The summed E-state index contributed by atoms with van der Waals surface area (Å²) in [6.45, 7) is 0. The summed E-state index contributed by atoms with van der Waals surface area (Å²) in [7, 11) is 0. The fourth-order valence-corrected chi connectivity index (χ4v) is 5.33. The molecule has 2 heteroatoms. The minimum absolute atomic E-state index is 1.15. The monoisotopic (exact) mass is 375 g/mol. The number of hydrogen-bond donors (Lipinski definition) is 1. The Balaban J connectivity index is 1.61. The normalized spacial score (nSPS) is 11.6. The van der Waals surface area contributed by atoms with Crippen molar-refractivity contribution in [3.8, 4) is 0 Å². The lowest BCUT2D eigenvalue weighted by Gasteiger charge is -2.11. The molecule has 0 radical (unpaired) electrons. The Labute approximate surface area is 166 Å². The molecule has 0 bridgehead atoms. The fourth-order valence-electron chi connectivity index (χ4n) is 4.15. The van der Waals surface area contributed by atoms with Crippen LogP contribution in [0, 0.1) is 0 Å². The zero-order valence-electron chi connectivity index (χ0n) is 15.1. The summed E-state index contributed by atoms with van der Waals surface area (Å²) in [5.41, 5.74) is 2.31. The van der Waals surface area contributed by atoms with Crippen LogP contribution in [0.2, 0.25) is 0 Å². The fraction of sp³-hybridized carbons (Fsp3) is 0. The maximum Gasteiger partial charge on any atom is 0.0590 e. The Hall–Kier alpha value is -3.36. The average Bonchev–Trinajstić information content (AvgIpc) is 3.14. The van der Waals surface area contributed by atoms with E-state index in [1.807, 2.05) is 11.3 Å². The zero-order valence-corrected chi connectivity index (χ0v) is 16.0. The molecule has 28 heavy (non-hydrogen) atoms. The van der Waals surface area contributed by atoms with Crippen LogP contribution >= 0.6 is 11.3 Å². The molecular weight excluding hydrogens is 358 g/mol. The number of nitrogens with one attached hydrogen (secondary N) is 1. The van der Waals surface area contributed by atoms with Gasteiger partial charge in [-0.2, -0.15) is 0 Å². The molecule has 0 fully saturated rings. The van der Waals surface area contributed by atoms with Crippen LogP contribution in [0.25, 0.3) is 41.7 Å². The lowest BCUT2D eigenvalue weighted by molar-refractivity contribution is 1.63. The zero-order chi connectivity index (χ0) is 18.5. The van der Waals surface area contributed by atoms with Crippen molar-refractivity contribution in [2.75, 3.05) is 5.32 Å². The molecule has 0 amide bonds. The van der Waals surface area contributed by atoms with E-state index in [4.69, 9.17) is 0 Å². The van der Waals surface area contributed by atoms with Crippen molar-refractivity contribution in [3.63, 3.8) is 0 Å². The Kier molecular flexibility index (Phi) is 3.40. The minimum atomic E-state index is 1.15. The summed E-state index contributed by atoms with van der Waals surface area (Å²) in [4.78, 5) is 0. The second kappa shape index (κ2) is 6.08. The van der Waals surface area contributed by atoms with Gasteiger partial charge in [0.25, 0.3) is 0 Å². The first-order chi connectivity index (χ1) is 13.9. The van der Waals surface area contributed by atoms with Gasteiger partial charge < -0.3 is 5.32 Å². The van der Waals surface area contributed by atoms with Crippen molar-refractivity contribution in [1.29, 1.82) is 0 Å². The van der Waals surface area contributed by atoms with Crippen LogP contribution in [0.1, 0.15) is 0 Å². The SMILES string of the molecule is c1ccc2c(Nc3cccc4c3sc3ccc5ccccc5c34)cccc2c1. The average molecular weight is 375 g/mol. The Morgan fingerprint density at radius 1 is 0.500 bits per heavy atom. The van der Waals surface area contributed by atoms with E-state index in [1.54, 1.807) is 0 Å². The summed E-state index contributed by atoms with van der Waals surface area (Å²) in [5.74, 6) is 0. The summed E-state index contributed by atoms with van der Waals surface area (Å²) in [5, 5.41) is 11.5. The first kappa shape index (κ1) is 15.7. The molecule has 1 heterocycles. The Morgan fingerprint density at radius 2 is 1.14 bits per heavy atom. The van der Waals surface area contributed by atoms with Gasteiger partial charge >= 0.3 is 0 Å². The van der Waals surface area contributed by atoms with E-state index in [9.17, 15) is 0 Å². The van der Waals surface area contributed by atoms with Crippen molar-refractivity contribution in [1.82, 2.24) is 0 Å². The smallest absolute Gasteiger partial charge is 0.0590 e. The van der Waals surface area contributed by atoms with Gasteiger partial charge in [0.05, 0.1) is 10.4 Å². The molecule has 0 atom stereocenters. The van der Waals surface area contributed by atoms with Gasteiger partial charge in [-0.05, 0) is 34.4 Å². The van der Waals surface area contributed by atoms with Crippen molar-refractivity contribution in [2.24, 2.45) is 0 Å². The van der Waals surface area contributed by atoms with Crippen LogP contribution in [0.4, 0.5) is 11.4 Å². The van der Waals surface area contributed by atoms with E-state index in [0.717, 1.165) is 5.69 Å². The molecule has 0 saturated heterocycles. The molecule has 1 nitrogen and oxygen atoms in total. The molecule has 0 unspecified atom stereocenters. The summed E-state index contributed by atoms with van der Waals surface area (Å²) in [6, 6.07) is 34.7. The largest absolute Gasteiger partial charge is 0.354 e. The van der Waals surface area contributed by atoms with Crippen LogP contribution in [0.5, 0.6) is 0 Å². The molecule has 132 valence electrons. The predicted molar refractivity (Wildman–Crippen MR) is 124 cm³/mol. The van der Waals surface area contributed by atoms with Gasteiger partial charge in [-0.3, -0.25) is 0 Å². The number of anilines is 2. The van der Waals surface area contributed by atoms with E-state index in [0.29, 0.717) is 0 Å². The van der Waals surface area contributed by atoms with Crippen LogP contribution in [-0.4, -0.2) is 0 Å². The van der Waals surface area contributed by atoms with E-state index in [1.165, 1.54) is 47.4 Å². The maximum absolute atomic E-state index is 3.71. The summed E-state index contributed by atoms with van der Waals surface area (Å²) < 4.78 is 2.64. The van der Waals surface area contributed by atoms with Crippen LogP contribution in [-0.2, 0) is 0 Å². The van der Waals surface area contributed by atoms with Crippen molar-refractivity contribution in [2.45, 2.75) is 0 Å². The second-order valence-electron chi connectivity index (χ2n) is 7.10. The molecule has 0 aliphatic carbocycles. The third-order valence-electron chi connectivity index (χ3n) is 5.45. The van der Waals surface area contributed by atoms with E-state index in [2.05, 4.69) is 102 Å². The molecular formula is C26H17NS. The van der Waals surface area contributed by atoms with Crippen LogP contribution < -0.4 is 5.32 Å². The van der Waals surface area contributed by atoms with E-state index in [-0.39, 0.29) is 0 Å². The highest BCUT2D eigenvalue weighted by atomic mass is 32.1. The minimum Gasteiger partial charge on any atom is -0.354 e. The number of benzene rings is 5. The molecule has 0 aliphatic heterocycles. The van der Waals surface area contributed by atoms with Gasteiger partial charge in [0.2, 0.25) is 0 Å². The van der Waals surface area contributed by atoms with Gasteiger partial charge in [-0.25, -0.2) is 0 Å². The Morgan fingerprint density at radius 3 is 2.04 bits per heavy atom. The second-order valence-corrected chi connectivity index (χ2v) is 8.15. The van der Waals surface area contributed by atoms with E-state index >= 15 is 0 Å². The maximum atomic E-state index is 3.71. The predicted octanol–water partition coefficient (Wildman–Crippen LogP) is 8.10. The number of thiophene rings is 1. The molecule has 6 aromatic rings. The molecule has 0 aliphatic rings. The molecule has 0 saturated carbocycles. The summed E-state index contributed by atoms with van der Waals surface area (Å²) >= 11 is 1.87. The van der Waals surface area contributed by atoms with Gasteiger partial charge in [0.15, 0.2) is 0 Å². The van der Waals surface area contributed by atoms with Gasteiger partial charge in [-0.1, -0.05) is 78.9 Å². The van der Waals surface area contributed by atoms with Crippen molar-refractivity contribution < 1.29 is 0 Å². The van der Waals surface area contributed by atoms with Crippen molar-refractivity contribution >= 4 is 64.4 Å². The quantitative estimate of drug-likeness (QED) is 0.322. The van der Waals surface area contributed by atoms with Crippen LogP contribution in [0.15, 0.2) is 97.1 Å². The topological polar surface area (TPSA) is 12.0 Å². The standard InChI is InChI=1S/C26H17NS/c1-3-10-19-17(7-1)9-5-13-22(19)27-23-14-6-12-21-25-20-11-4-2-8-18(20)15-16-24(25)28-26(21)23/h1-16,27H. The highest BCUT2D eigenvalue weighted by Gasteiger charge is 2.12. The molecule has 6 rings (SSSR count). The van der Waals surface area contributed by atoms with Gasteiger partial charge in [0.1, 0.15) is 0 Å². The first-order valence-electron chi connectivity index (χ1n) is 9.46. The van der Waals surface area contributed by atoms with Crippen molar-refractivity contribution in [3.05, 3.63) is 97.1 Å². The first-order valence-corrected chi connectivity index (χ1v) is 10.3. The molecule has 1 N–H and O–H groups in total. The molecule has 0 spiro atoms. The molecule has 1 aromatic heterocycles. The third-order valence-corrected chi connectivity index (χ3v) is 6.65. The van der Waals surface area contributed by atoms with Gasteiger partial charge in [-0.15, -0.1) is 11.3 Å². The highest BCUT2D eigenvalue weighted by Crippen LogP contribution is 2.42. The lowest BCUT2D eigenvalue weighted by atomic mass is 10.0. The number of rotatable bonds is 2. The van der Waals surface area contributed by atoms with Crippen LogP contribution in [0.3, 0.4) is 0 Å². The Bertz CT molecular complexity index is 1490. The molecule has 5 aromatic carbocycles. The third kappa shape index (κ3) is 2.32. The number of hydrogen-bond acceptors (Lipinski definition) is 2.